The van der Waals surface area contributed by atoms with Crippen molar-refractivity contribution in [3.8, 4) is 6.07 Å². The van der Waals surface area contributed by atoms with Crippen LogP contribution in [0, 0.1) is 18.3 Å². The molecule has 0 spiro atoms. The number of hydrogen-bond acceptors (Lipinski definition) is 7. The lowest BCUT2D eigenvalue weighted by molar-refractivity contribution is 0.244. The largest absolute Gasteiger partial charge is 0.323 e. The smallest absolute Gasteiger partial charge is 0.227 e. The van der Waals surface area contributed by atoms with Gasteiger partial charge < -0.3 is 5.32 Å². The van der Waals surface area contributed by atoms with E-state index in [1.165, 1.54) is 5.56 Å². The molecular formula is C21H21N7. The molecular weight excluding hydrogens is 350 g/mol. The maximum Gasteiger partial charge on any atom is 0.227 e. The molecule has 0 unspecified atom stereocenters. The third kappa shape index (κ3) is 4.13. The average Bonchev–Trinajstić information content (AvgIpc) is 3.19. The molecule has 1 atom stereocenters. The lowest BCUT2D eigenvalue weighted by Crippen LogP contribution is -2.23. The summed E-state index contributed by atoms with van der Waals surface area (Å²) in [6.07, 6.45) is 7.58. The Kier molecular flexibility index (Phi) is 5.22. The van der Waals surface area contributed by atoms with Gasteiger partial charge in [-0.15, -0.1) is 0 Å². The van der Waals surface area contributed by atoms with Crippen molar-refractivity contribution in [2.75, 3.05) is 11.9 Å². The van der Waals surface area contributed by atoms with E-state index in [9.17, 15) is 0 Å². The summed E-state index contributed by atoms with van der Waals surface area (Å²) in [4.78, 5) is 20.0. The standard InChI is InChI=1S/C21H21N7/c1-15-4-5-16(12-24-15)14-28-10-2-3-20(28)19-8-9-23-21(27-19)26-18-7-6-17(11-22)25-13-18/h4-9,12-13,20H,2-3,10,14H2,1H3,(H,23,26,27)/t20-/m0/s1. The lowest BCUT2D eigenvalue weighted by Gasteiger charge is -2.24. The Labute approximate surface area is 164 Å². The van der Waals surface area contributed by atoms with Crippen LogP contribution in [-0.2, 0) is 6.54 Å². The van der Waals surface area contributed by atoms with E-state index in [2.05, 4.69) is 37.3 Å². The molecule has 1 fully saturated rings. The molecule has 0 saturated carbocycles. The van der Waals surface area contributed by atoms with E-state index in [0.29, 0.717) is 11.6 Å². The molecule has 4 rings (SSSR count). The zero-order valence-corrected chi connectivity index (χ0v) is 15.7. The first-order valence-electron chi connectivity index (χ1n) is 9.33. The summed E-state index contributed by atoms with van der Waals surface area (Å²) in [5.74, 6) is 0.535. The normalized spacial score (nSPS) is 16.6. The molecule has 0 aromatic carbocycles. The van der Waals surface area contributed by atoms with Crippen molar-refractivity contribution in [1.82, 2.24) is 24.8 Å². The minimum absolute atomic E-state index is 0.268. The Morgan fingerprint density at radius 1 is 1.14 bits per heavy atom. The van der Waals surface area contributed by atoms with Gasteiger partial charge in [-0.05, 0) is 56.1 Å². The molecule has 140 valence electrons. The Balaban J connectivity index is 1.49. The van der Waals surface area contributed by atoms with E-state index < -0.39 is 0 Å². The van der Waals surface area contributed by atoms with E-state index in [1.807, 2.05) is 25.3 Å². The summed E-state index contributed by atoms with van der Waals surface area (Å²) in [6, 6.07) is 11.9. The van der Waals surface area contributed by atoms with E-state index in [-0.39, 0.29) is 6.04 Å². The number of pyridine rings is 2. The number of nitriles is 1. The summed E-state index contributed by atoms with van der Waals surface area (Å²) < 4.78 is 0. The number of hydrogen-bond donors (Lipinski definition) is 1. The summed E-state index contributed by atoms with van der Waals surface area (Å²) in [5.41, 5.74) is 4.40. The molecule has 0 bridgehead atoms. The van der Waals surface area contributed by atoms with Gasteiger partial charge in [-0.2, -0.15) is 5.26 Å². The average molecular weight is 371 g/mol. The van der Waals surface area contributed by atoms with E-state index in [1.54, 1.807) is 24.5 Å². The van der Waals surface area contributed by atoms with Gasteiger partial charge in [-0.1, -0.05) is 6.07 Å². The van der Waals surface area contributed by atoms with E-state index in [4.69, 9.17) is 10.2 Å². The maximum absolute atomic E-state index is 8.85. The van der Waals surface area contributed by atoms with Gasteiger partial charge in [0.2, 0.25) is 5.95 Å². The Morgan fingerprint density at radius 3 is 2.82 bits per heavy atom. The Hall–Kier alpha value is -3.37. The first kappa shape index (κ1) is 18.0. The number of rotatable bonds is 5. The van der Waals surface area contributed by atoms with Crippen molar-refractivity contribution in [3.63, 3.8) is 0 Å². The minimum atomic E-state index is 0.268. The summed E-state index contributed by atoms with van der Waals surface area (Å²) in [5, 5.41) is 12.0. The van der Waals surface area contributed by atoms with Crippen LogP contribution in [0.1, 0.15) is 41.5 Å². The van der Waals surface area contributed by atoms with Crippen LogP contribution in [0.15, 0.2) is 48.9 Å². The molecule has 0 aliphatic carbocycles. The number of nitrogens with zero attached hydrogens (tertiary/aromatic N) is 6. The summed E-state index contributed by atoms with van der Waals surface area (Å²) in [6.45, 7) is 3.91. The quantitative estimate of drug-likeness (QED) is 0.733. The third-order valence-electron chi connectivity index (χ3n) is 4.87. The molecule has 3 aromatic rings. The van der Waals surface area contributed by atoms with Crippen LogP contribution in [0.25, 0.3) is 0 Å². The molecule has 1 aliphatic rings. The zero-order valence-electron chi connectivity index (χ0n) is 15.7. The first-order valence-corrected chi connectivity index (χ1v) is 9.33. The second kappa shape index (κ2) is 8.11. The molecule has 3 aromatic heterocycles. The monoisotopic (exact) mass is 371 g/mol. The highest BCUT2D eigenvalue weighted by molar-refractivity contribution is 5.52. The second-order valence-electron chi connectivity index (χ2n) is 6.91. The topological polar surface area (TPSA) is 90.6 Å². The molecule has 0 radical (unpaired) electrons. The van der Waals surface area contributed by atoms with Gasteiger partial charge >= 0.3 is 0 Å². The Morgan fingerprint density at radius 2 is 2.07 bits per heavy atom. The molecule has 7 heteroatoms. The van der Waals surface area contributed by atoms with Crippen LogP contribution in [0.3, 0.4) is 0 Å². The van der Waals surface area contributed by atoms with Crippen molar-refractivity contribution in [3.05, 3.63) is 71.6 Å². The summed E-state index contributed by atoms with van der Waals surface area (Å²) in [7, 11) is 0. The van der Waals surface area contributed by atoms with Gasteiger partial charge in [0, 0.05) is 24.6 Å². The van der Waals surface area contributed by atoms with Crippen molar-refractivity contribution in [1.29, 1.82) is 5.26 Å². The number of anilines is 2. The summed E-state index contributed by atoms with van der Waals surface area (Å²) >= 11 is 0. The fraction of sp³-hybridized carbons (Fsp3) is 0.286. The molecule has 7 nitrogen and oxygen atoms in total. The fourth-order valence-corrected chi connectivity index (χ4v) is 3.46. The van der Waals surface area contributed by atoms with Crippen molar-refractivity contribution < 1.29 is 0 Å². The highest BCUT2D eigenvalue weighted by Crippen LogP contribution is 2.32. The highest BCUT2D eigenvalue weighted by atomic mass is 15.2. The molecule has 0 amide bonds. The van der Waals surface area contributed by atoms with Crippen LogP contribution in [-0.4, -0.2) is 31.4 Å². The third-order valence-corrected chi connectivity index (χ3v) is 4.87. The van der Waals surface area contributed by atoms with E-state index in [0.717, 1.165) is 43.0 Å². The molecule has 1 saturated heterocycles. The van der Waals surface area contributed by atoms with Crippen molar-refractivity contribution >= 4 is 11.6 Å². The highest BCUT2D eigenvalue weighted by Gasteiger charge is 2.27. The fourth-order valence-electron chi connectivity index (χ4n) is 3.46. The van der Waals surface area contributed by atoms with Gasteiger partial charge in [-0.3, -0.25) is 9.88 Å². The van der Waals surface area contributed by atoms with Crippen LogP contribution >= 0.6 is 0 Å². The zero-order chi connectivity index (χ0) is 19.3. The van der Waals surface area contributed by atoms with Gasteiger partial charge in [0.15, 0.2) is 0 Å². The molecule has 1 aliphatic heterocycles. The first-order chi connectivity index (χ1) is 13.7. The number of aromatic nitrogens is 4. The van der Waals surface area contributed by atoms with Gasteiger partial charge in [0.05, 0.1) is 23.6 Å². The van der Waals surface area contributed by atoms with Crippen LogP contribution in [0.4, 0.5) is 11.6 Å². The number of aryl methyl sites for hydroxylation is 1. The molecule has 28 heavy (non-hydrogen) atoms. The number of likely N-dealkylation sites (tertiary alicyclic amines) is 1. The van der Waals surface area contributed by atoms with Crippen LogP contribution in [0.5, 0.6) is 0 Å². The van der Waals surface area contributed by atoms with Crippen LogP contribution < -0.4 is 5.32 Å². The SMILES string of the molecule is Cc1ccc(CN2CCC[C@H]2c2ccnc(Nc3ccc(C#N)nc3)n2)cn1. The predicted molar refractivity (Wildman–Crippen MR) is 106 cm³/mol. The van der Waals surface area contributed by atoms with Gasteiger partial charge in [-0.25, -0.2) is 15.0 Å². The maximum atomic E-state index is 8.85. The predicted octanol–water partition coefficient (Wildman–Crippen LogP) is 3.53. The van der Waals surface area contributed by atoms with Crippen molar-refractivity contribution in [2.45, 2.75) is 32.4 Å². The second-order valence-corrected chi connectivity index (χ2v) is 6.91. The molecule has 1 N–H and O–H groups in total. The lowest BCUT2D eigenvalue weighted by atomic mass is 10.1. The van der Waals surface area contributed by atoms with Crippen LogP contribution in [0.2, 0.25) is 0 Å². The number of nitrogens with one attached hydrogen (secondary N) is 1. The van der Waals surface area contributed by atoms with Gasteiger partial charge in [0.1, 0.15) is 11.8 Å². The van der Waals surface area contributed by atoms with Crippen molar-refractivity contribution in [2.24, 2.45) is 0 Å². The Bertz CT molecular complexity index is 977. The minimum Gasteiger partial charge on any atom is -0.323 e. The van der Waals surface area contributed by atoms with E-state index >= 15 is 0 Å². The van der Waals surface area contributed by atoms with Gasteiger partial charge in [0.25, 0.3) is 0 Å². The molecule has 4 heterocycles.